The minimum absolute atomic E-state index is 0.859. The van der Waals surface area contributed by atoms with Gasteiger partial charge in [-0.15, -0.1) is 0 Å². The molecule has 2 N–H and O–H groups in total. The average molecular weight is 244 g/mol. The normalized spacial score (nSPS) is 10.7. The van der Waals surface area contributed by atoms with Crippen molar-refractivity contribution in [2.45, 2.75) is 13.5 Å². The van der Waals surface area contributed by atoms with Gasteiger partial charge in [-0.25, -0.2) is 4.68 Å². The molecule has 1 heterocycles. The highest BCUT2D eigenvalue weighted by atomic mass is 15.3. The lowest BCUT2D eigenvalue weighted by Crippen LogP contribution is -2.26. The number of benzene rings is 1. The number of nitrogens with zero attached hydrogens (tertiary/aromatic N) is 2. The molecule has 0 atom stereocenters. The summed E-state index contributed by atoms with van der Waals surface area (Å²) in [6.07, 6.45) is 3.98. The van der Waals surface area contributed by atoms with Gasteiger partial charge >= 0.3 is 0 Å². The topological polar surface area (TPSA) is 41.9 Å². The fourth-order valence-electron chi connectivity index (χ4n) is 1.76. The van der Waals surface area contributed by atoms with Crippen LogP contribution in [0, 0.1) is 0 Å². The van der Waals surface area contributed by atoms with Crippen LogP contribution in [0.15, 0.2) is 42.7 Å². The Kier molecular flexibility index (Phi) is 4.93. The van der Waals surface area contributed by atoms with Gasteiger partial charge in [0.2, 0.25) is 0 Å². The molecular weight excluding hydrogens is 224 g/mol. The lowest BCUT2D eigenvalue weighted by Gasteiger charge is -2.03. The third-order valence-electron chi connectivity index (χ3n) is 2.71. The SMILES string of the molecule is CCNCCNCc1cnn(-c2ccccc2)c1. The molecule has 2 rings (SSSR count). The maximum absolute atomic E-state index is 4.36. The molecular formula is C14H20N4. The number of aromatic nitrogens is 2. The fraction of sp³-hybridized carbons (Fsp3) is 0.357. The highest BCUT2D eigenvalue weighted by molar-refractivity contribution is 5.30. The molecule has 1 aromatic heterocycles. The maximum Gasteiger partial charge on any atom is 0.0645 e. The summed E-state index contributed by atoms with van der Waals surface area (Å²) < 4.78 is 1.90. The first-order valence-electron chi connectivity index (χ1n) is 6.40. The van der Waals surface area contributed by atoms with Crippen molar-refractivity contribution in [1.82, 2.24) is 20.4 Å². The molecule has 0 bridgehead atoms. The van der Waals surface area contributed by atoms with Crippen molar-refractivity contribution in [3.63, 3.8) is 0 Å². The predicted molar refractivity (Wildman–Crippen MR) is 73.8 cm³/mol. The van der Waals surface area contributed by atoms with Crippen molar-refractivity contribution >= 4 is 0 Å². The van der Waals surface area contributed by atoms with E-state index < -0.39 is 0 Å². The van der Waals surface area contributed by atoms with Crippen LogP contribution in [-0.4, -0.2) is 29.4 Å². The van der Waals surface area contributed by atoms with Crippen LogP contribution in [0.2, 0.25) is 0 Å². The molecule has 0 amide bonds. The number of hydrogen-bond donors (Lipinski definition) is 2. The van der Waals surface area contributed by atoms with E-state index in [-0.39, 0.29) is 0 Å². The molecule has 0 fully saturated rings. The van der Waals surface area contributed by atoms with E-state index >= 15 is 0 Å². The summed E-state index contributed by atoms with van der Waals surface area (Å²) in [6.45, 7) is 5.98. The third-order valence-corrected chi connectivity index (χ3v) is 2.71. The fourth-order valence-corrected chi connectivity index (χ4v) is 1.76. The average Bonchev–Trinajstić information content (AvgIpc) is 2.88. The second kappa shape index (κ2) is 6.93. The minimum atomic E-state index is 0.859. The standard InChI is InChI=1S/C14H20N4/c1-2-15-8-9-16-10-13-11-17-18(12-13)14-6-4-3-5-7-14/h3-7,11-12,15-16H,2,8-10H2,1H3. The zero-order valence-electron chi connectivity index (χ0n) is 10.8. The molecule has 0 unspecified atom stereocenters. The van der Waals surface area contributed by atoms with Crippen LogP contribution in [0.5, 0.6) is 0 Å². The van der Waals surface area contributed by atoms with Gasteiger partial charge in [0.25, 0.3) is 0 Å². The monoisotopic (exact) mass is 244 g/mol. The number of rotatable bonds is 7. The minimum Gasteiger partial charge on any atom is -0.316 e. The van der Waals surface area contributed by atoms with Gasteiger partial charge in [-0.1, -0.05) is 25.1 Å². The van der Waals surface area contributed by atoms with Crippen LogP contribution in [0.3, 0.4) is 0 Å². The lowest BCUT2D eigenvalue weighted by atomic mass is 10.3. The van der Waals surface area contributed by atoms with Gasteiger partial charge in [-0.3, -0.25) is 0 Å². The molecule has 0 aliphatic heterocycles. The molecule has 1 aromatic carbocycles. The Balaban J connectivity index is 1.83. The number of likely N-dealkylation sites (N-methyl/N-ethyl adjacent to an activating group) is 1. The second-order valence-electron chi connectivity index (χ2n) is 4.16. The van der Waals surface area contributed by atoms with Crippen LogP contribution in [0.4, 0.5) is 0 Å². The van der Waals surface area contributed by atoms with E-state index in [2.05, 4.69) is 41.0 Å². The summed E-state index contributed by atoms with van der Waals surface area (Å²) in [6, 6.07) is 10.2. The molecule has 0 aliphatic rings. The Hall–Kier alpha value is -1.65. The molecule has 0 saturated carbocycles. The van der Waals surface area contributed by atoms with Crippen molar-refractivity contribution < 1.29 is 0 Å². The molecule has 96 valence electrons. The molecule has 0 spiro atoms. The Morgan fingerprint density at radius 2 is 1.89 bits per heavy atom. The number of para-hydroxylation sites is 1. The van der Waals surface area contributed by atoms with E-state index in [0.717, 1.165) is 31.9 Å². The van der Waals surface area contributed by atoms with E-state index in [1.807, 2.05) is 29.1 Å². The van der Waals surface area contributed by atoms with Crippen LogP contribution in [0.25, 0.3) is 5.69 Å². The Morgan fingerprint density at radius 1 is 1.11 bits per heavy atom. The molecule has 4 heteroatoms. The first kappa shape index (κ1) is 12.8. The molecule has 4 nitrogen and oxygen atoms in total. The molecule has 0 aliphatic carbocycles. The quantitative estimate of drug-likeness (QED) is 0.727. The van der Waals surface area contributed by atoms with Crippen molar-refractivity contribution in [2.75, 3.05) is 19.6 Å². The van der Waals surface area contributed by atoms with Crippen LogP contribution >= 0.6 is 0 Å². The summed E-state index contributed by atoms with van der Waals surface area (Å²) in [4.78, 5) is 0. The van der Waals surface area contributed by atoms with Crippen LogP contribution in [0.1, 0.15) is 12.5 Å². The summed E-state index contributed by atoms with van der Waals surface area (Å²) >= 11 is 0. The summed E-state index contributed by atoms with van der Waals surface area (Å²) in [7, 11) is 0. The highest BCUT2D eigenvalue weighted by Gasteiger charge is 1.99. The first-order valence-corrected chi connectivity index (χ1v) is 6.40. The first-order chi connectivity index (χ1) is 8.90. The Morgan fingerprint density at radius 3 is 2.67 bits per heavy atom. The van der Waals surface area contributed by atoms with Crippen LogP contribution in [-0.2, 0) is 6.54 Å². The zero-order valence-corrected chi connectivity index (χ0v) is 10.8. The van der Waals surface area contributed by atoms with Gasteiger partial charge in [0, 0.05) is 31.4 Å². The lowest BCUT2D eigenvalue weighted by molar-refractivity contribution is 0.625. The predicted octanol–water partition coefficient (Wildman–Crippen LogP) is 1.57. The smallest absolute Gasteiger partial charge is 0.0645 e. The van der Waals surface area contributed by atoms with Gasteiger partial charge in [0.15, 0.2) is 0 Å². The van der Waals surface area contributed by atoms with E-state index in [1.165, 1.54) is 5.56 Å². The third kappa shape index (κ3) is 3.68. The second-order valence-corrected chi connectivity index (χ2v) is 4.16. The van der Waals surface area contributed by atoms with E-state index in [0.29, 0.717) is 0 Å². The van der Waals surface area contributed by atoms with E-state index in [9.17, 15) is 0 Å². The molecule has 0 saturated heterocycles. The summed E-state index contributed by atoms with van der Waals surface area (Å²) in [5, 5.41) is 11.0. The summed E-state index contributed by atoms with van der Waals surface area (Å²) in [5.41, 5.74) is 2.30. The molecule has 18 heavy (non-hydrogen) atoms. The van der Waals surface area contributed by atoms with Gasteiger partial charge in [0.1, 0.15) is 0 Å². The van der Waals surface area contributed by atoms with Gasteiger partial charge in [0.05, 0.1) is 11.9 Å². The number of hydrogen-bond acceptors (Lipinski definition) is 3. The van der Waals surface area contributed by atoms with Crippen molar-refractivity contribution in [1.29, 1.82) is 0 Å². The van der Waals surface area contributed by atoms with Gasteiger partial charge < -0.3 is 10.6 Å². The van der Waals surface area contributed by atoms with Crippen molar-refractivity contribution in [3.05, 3.63) is 48.3 Å². The van der Waals surface area contributed by atoms with Crippen molar-refractivity contribution in [3.8, 4) is 5.69 Å². The van der Waals surface area contributed by atoms with Gasteiger partial charge in [-0.05, 0) is 18.7 Å². The highest BCUT2D eigenvalue weighted by Crippen LogP contribution is 2.07. The van der Waals surface area contributed by atoms with Gasteiger partial charge in [-0.2, -0.15) is 5.10 Å². The Labute approximate surface area is 108 Å². The largest absolute Gasteiger partial charge is 0.316 e. The van der Waals surface area contributed by atoms with Crippen molar-refractivity contribution in [2.24, 2.45) is 0 Å². The molecule has 0 radical (unpaired) electrons. The summed E-state index contributed by atoms with van der Waals surface area (Å²) in [5.74, 6) is 0. The maximum atomic E-state index is 4.36. The molecule has 2 aromatic rings. The number of nitrogens with one attached hydrogen (secondary N) is 2. The van der Waals surface area contributed by atoms with Crippen LogP contribution < -0.4 is 10.6 Å². The van der Waals surface area contributed by atoms with E-state index in [4.69, 9.17) is 0 Å². The Bertz CT molecular complexity index is 450. The zero-order chi connectivity index (χ0) is 12.6. The van der Waals surface area contributed by atoms with E-state index in [1.54, 1.807) is 0 Å².